The standard InChI is InChI=1S/C12H15ClN2O2/c1-2-15(8-12(14)17)7-11(16)9-3-5-10(13)6-4-9/h3-6H,2,7-8H2,1H3,(H2,14,17). The summed E-state index contributed by atoms with van der Waals surface area (Å²) in [5, 5.41) is 0.589. The zero-order chi connectivity index (χ0) is 12.8. The lowest BCUT2D eigenvalue weighted by Gasteiger charge is -2.17. The number of Topliss-reactive ketones (excluding diaryl/α,β-unsaturated/α-hetero) is 1. The lowest BCUT2D eigenvalue weighted by Crippen LogP contribution is -2.37. The number of carbonyl (C=O) groups is 2. The summed E-state index contributed by atoms with van der Waals surface area (Å²) in [6.07, 6.45) is 0. The maximum Gasteiger partial charge on any atom is 0.231 e. The van der Waals surface area contributed by atoms with Crippen LogP contribution in [0.4, 0.5) is 0 Å². The summed E-state index contributed by atoms with van der Waals surface area (Å²) in [6, 6.07) is 6.67. The van der Waals surface area contributed by atoms with E-state index in [9.17, 15) is 9.59 Å². The first kappa shape index (κ1) is 13.7. The molecular weight excluding hydrogens is 240 g/mol. The lowest BCUT2D eigenvalue weighted by atomic mass is 10.1. The maximum absolute atomic E-state index is 11.9. The molecule has 0 radical (unpaired) electrons. The minimum absolute atomic E-state index is 0.0511. The van der Waals surface area contributed by atoms with Gasteiger partial charge in [-0.2, -0.15) is 0 Å². The van der Waals surface area contributed by atoms with Crippen LogP contribution in [0.5, 0.6) is 0 Å². The molecule has 1 rings (SSSR count). The van der Waals surface area contributed by atoms with Crippen LogP contribution in [0.1, 0.15) is 17.3 Å². The molecule has 0 heterocycles. The third-order valence-electron chi connectivity index (χ3n) is 2.36. The Balaban J connectivity index is 2.64. The topological polar surface area (TPSA) is 63.4 Å². The Hall–Kier alpha value is -1.39. The van der Waals surface area contributed by atoms with Gasteiger partial charge in [0.1, 0.15) is 0 Å². The highest BCUT2D eigenvalue weighted by atomic mass is 35.5. The normalized spacial score (nSPS) is 10.5. The first-order valence-electron chi connectivity index (χ1n) is 5.32. The highest BCUT2D eigenvalue weighted by molar-refractivity contribution is 6.30. The minimum Gasteiger partial charge on any atom is -0.369 e. The van der Waals surface area contributed by atoms with Gasteiger partial charge in [0.05, 0.1) is 13.1 Å². The van der Waals surface area contributed by atoms with Crippen LogP contribution in [0.3, 0.4) is 0 Å². The van der Waals surface area contributed by atoms with Gasteiger partial charge in [0.25, 0.3) is 0 Å². The van der Waals surface area contributed by atoms with Crippen molar-refractivity contribution in [3.63, 3.8) is 0 Å². The largest absolute Gasteiger partial charge is 0.369 e. The quantitative estimate of drug-likeness (QED) is 0.779. The summed E-state index contributed by atoms with van der Waals surface area (Å²) < 4.78 is 0. The molecule has 0 unspecified atom stereocenters. The molecule has 0 atom stereocenters. The van der Waals surface area contributed by atoms with Crippen molar-refractivity contribution >= 4 is 23.3 Å². The smallest absolute Gasteiger partial charge is 0.231 e. The molecule has 0 saturated heterocycles. The first-order valence-corrected chi connectivity index (χ1v) is 5.70. The number of hydrogen-bond donors (Lipinski definition) is 1. The molecule has 1 amide bonds. The second kappa shape index (κ2) is 6.37. The van der Waals surface area contributed by atoms with Crippen LogP contribution in [-0.2, 0) is 4.79 Å². The van der Waals surface area contributed by atoms with Crippen LogP contribution in [0.15, 0.2) is 24.3 Å². The summed E-state index contributed by atoms with van der Waals surface area (Å²) >= 11 is 5.74. The summed E-state index contributed by atoms with van der Waals surface area (Å²) in [5.41, 5.74) is 5.67. The number of rotatable bonds is 6. The lowest BCUT2D eigenvalue weighted by molar-refractivity contribution is -0.118. The molecule has 4 nitrogen and oxygen atoms in total. The van der Waals surface area contributed by atoms with Gasteiger partial charge in [0, 0.05) is 10.6 Å². The fraction of sp³-hybridized carbons (Fsp3) is 0.333. The van der Waals surface area contributed by atoms with E-state index in [1.807, 2.05) is 6.92 Å². The number of benzene rings is 1. The Morgan fingerprint density at radius 2 is 1.82 bits per heavy atom. The molecule has 2 N–H and O–H groups in total. The average molecular weight is 255 g/mol. The van der Waals surface area contributed by atoms with E-state index in [4.69, 9.17) is 17.3 Å². The summed E-state index contributed by atoms with van der Waals surface area (Å²) in [5.74, 6) is -0.486. The van der Waals surface area contributed by atoms with Gasteiger partial charge >= 0.3 is 0 Å². The van der Waals surface area contributed by atoms with E-state index in [0.29, 0.717) is 17.1 Å². The summed E-state index contributed by atoms with van der Waals surface area (Å²) in [6.45, 7) is 2.75. The Bertz CT molecular complexity index is 403. The second-order valence-electron chi connectivity index (χ2n) is 3.70. The van der Waals surface area contributed by atoms with Crippen molar-refractivity contribution < 1.29 is 9.59 Å². The third kappa shape index (κ3) is 4.54. The molecule has 0 spiro atoms. The number of halogens is 1. The van der Waals surface area contributed by atoms with Gasteiger partial charge in [0.2, 0.25) is 5.91 Å². The number of amides is 1. The van der Waals surface area contributed by atoms with Gasteiger partial charge < -0.3 is 5.73 Å². The van der Waals surface area contributed by atoms with E-state index in [1.54, 1.807) is 29.2 Å². The number of carbonyl (C=O) groups excluding carboxylic acids is 2. The van der Waals surface area contributed by atoms with E-state index in [-0.39, 0.29) is 18.9 Å². The molecule has 92 valence electrons. The zero-order valence-corrected chi connectivity index (χ0v) is 10.4. The van der Waals surface area contributed by atoms with Crippen LogP contribution < -0.4 is 5.73 Å². The number of likely N-dealkylation sites (N-methyl/N-ethyl adjacent to an activating group) is 1. The third-order valence-corrected chi connectivity index (χ3v) is 2.61. The van der Waals surface area contributed by atoms with Crippen molar-refractivity contribution in [3.8, 4) is 0 Å². The van der Waals surface area contributed by atoms with Crippen LogP contribution in [0.2, 0.25) is 5.02 Å². The van der Waals surface area contributed by atoms with E-state index in [1.165, 1.54) is 0 Å². The van der Waals surface area contributed by atoms with Crippen molar-refractivity contribution in [2.75, 3.05) is 19.6 Å². The van der Waals surface area contributed by atoms with E-state index in [2.05, 4.69) is 0 Å². The Morgan fingerprint density at radius 3 is 2.29 bits per heavy atom. The SMILES string of the molecule is CCN(CC(N)=O)CC(=O)c1ccc(Cl)cc1. The van der Waals surface area contributed by atoms with Gasteiger partial charge in [-0.25, -0.2) is 0 Å². The molecular formula is C12H15ClN2O2. The van der Waals surface area contributed by atoms with Crippen molar-refractivity contribution in [3.05, 3.63) is 34.9 Å². The van der Waals surface area contributed by atoms with Crippen molar-refractivity contribution in [2.24, 2.45) is 5.73 Å². The van der Waals surface area contributed by atoms with Crippen LogP contribution in [0, 0.1) is 0 Å². The summed E-state index contributed by atoms with van der Waals surface area (Å²) in [4.78, 5) is 24.3. The van der Waals surface area contributed by atoms with E-state index in [0.717, 1.165) is 0 Å². The van der Waals surface area contributed by atoms with Gasteiger partial charge in [0.15, 0.2) is 5.78 Å². The molecule has 0 aromatic heterocycles. The number of nitrogens with two attached hydrogens (primary N) is 1. The highest BCUT2D eigenvalue weighted by Gasteiger charge is 2.12. The van der Waals surface area contributed by atoms with Crippen LogP contribution in [0.25, 0.3) is 0 Å². The second-order valence-corrected chi connectivity index (χ2v) is 4.14. The number of ketones is 1. The zero-order valence-electron chi connectivity index (χ0n) is 9.65. The monoisotopic (exact) mass is 254 g/mol. The van der Waals surface area contributed by atoms with Gasteiger partial charge in [-0.3, -0.25) is 14.5 Å². The van der Waals surface area contributed by atoms with E-state index < -0.39 is 5.91 Å². The molecule has 17 heavy (non-hydrogen) atoms. The molecule has 1 aromatic rings. The summed E-state index contributed by atoms with van der Waals surface area (Å²) in [7, 11) is 0. The molecule has 0 saturated carbocycles. The van der Waals surface area contributed by atoms with Gasteiger partial charge in [-0.15, -0.1) is 0 Å². The minimum atomic E-state index is -0.434. The highest BCUT2D eigenvalue weighted by Crippen LogP contribution is 2.10. The van der Waals surface area contributed by atoms with E-state index >= 15 is 0 Å². The molecule has 1 aromatic carbocycles. The molecule has 5 heteroatoms. The molecule has 0 aliphatic heterocycles. The van der Waals surface area contributed by atoms with Crippen LogP contribution in [-0.4, -0.2) is 36.2 Å². The van der Waals surface area contributed by atoms with Gasteiger partial charge in [-0.05, 0) is 30.8 Å². The predicted molar refractivity (Wildman–Crippen MR) is 67.1 cm³/mol. The number of nitrogens with zero attached hydrogens (tertiary/aromatic N) is 1. The van der Waals surface area contributed by atoms with Gasteiger partial charge in [-0.1, -0.05) is 18.5 Å². The Morgan fingerprint density at radius 1 is 1.24 bits per heavy atom. The fourth-order valence-corrected chi connectivity index (χ4v) is 1.56. The molecule has 0 aliphatic carbocycles. The maximum atomic E-state index is 11.9. The first-order chi connectivity index (χ1) is 8.02. The van der Waals surface area contributed by atoms with Crippen molar-refractivity contribution in [2.45, 2.75) is 6.92 Å². The van der Waals surface area contributed by atoms with Crippen molar-refractivity contribution in [1.82, 2.24) is 4.90 Å². The predicted octanol–water partition coefficient (Wildman–Crippen LogP) is 1.33. The number of hydrogen-bond acceptors (Lipinski definition) is 3. The Kier molecular flexibility index (Phi) is 5.12. The van der Waals surface area contributed by atoms with Crippen molar-refractivity contribution in [1.29, 1.82) is 0 Å². The Labute approximate surface area is 105 Å². The average Bonchev–Trinajstić information content (AvgIpc) is 2.28. The number of primary amides is 1. The fourth-order valence-electron chi connectivity index (χ4n) is 1.43. The molecule has 0 fully saturated rings. The molecule has 0 aliphatic rings. The molecule has 0 bridgehead atoms. The van der Waals surface area contributed by atoms with Crippen LogP contribution >= 0.6 is 11.6 Å².